The molecule has 2 saturated heterocycles. The van der Waals surface area contributed by atoms with Gasteiger partial charge in [0.2, 0.25) is 5.91 Å². The minimum Gasteiger partial charge on any atom is -0.479 e. The van der Waals surface area contributed by atoms with Gasteiger partial charge >= 0.3 is 12.1 Å². The third-order valence-electron chi connectivity index (χ3n) is 7.41. The molecule has 1 saturated carbocycles. The van der Waals surface area contributed by atoms with E-state index < -0.39 is 29.6 Å². The number of carboxylic acid groups (broad SMARTS) is 1. The first-order valence-electron chi connectivity index (χ1n) is 11.4. The number of carboxylic acids is 1. The smallest absolute Gasteiger partial charge is 0.407 e. The van der Waals surface area contributed by atoms with Gasteiger partial charge in [0, 0.05) is 18.9 Å². The summed E-state index contributed by atoms with van der Waals surface area (Å²) in [6.45, 7) is 2.42. The van der Waals surface area contributed by atoms with E-state index in [2.05, 4.69) is 23.4 Å². The summed E-state index contributed by atoms with van der Waals surface area (Å²) in [5.41, 5.74) is 2.99. The summed E-state index contributed by atoms with van der Waals surface area (Å²) in [6.07, 6.45) is 5.48. The Bertz CT molecular complexity index is 1180. The summed E-state index contributed by atoms with van der Waals surface area (Å²) in [4.78, 5) is 39.3. The Morgan fingerprint density at radius 2 is 1.74 bits per heavy atom. The fourth-order valence-corrected chi connectivity index (χ4v) is 6.04. The zero-order valence-electron chi connectivity index (χ0n) is 18.9. The predicted octanol–water partition coefficient (Wildman–Crippen LogP) is 3.38. The predicted molar refractivity (Wildman–Crippen MR) is 125 cm³/mol. The van der Waals surface area contributed by atoms with E-state index >= 15 is 0 Å². The number of ether oxygens (including phenoxy) is 1. The van der Waals surface area contributed by atoms with Gasteiger partial charge in [0.1, 0.15) is 18.2 Å². The van der Waals surface area contributed by atoms with Crippen LogP contribution in [0.5, 0.6) is 0 Å². The third-order valence-corrected chi connectivity index (χ3v) is 7.41. The number of carbonyl (C=O) groups is 3. The third kappa shape index (κ3) is 3.33. The number of fused-ring (bicyclic) bond motifs is 4. The van der Waals surface area contributed by atoms with Crippen molar-refractivity contribution < 1.29 is 24.2 Å². The van der Waals surface area contributed by atoms with Crippen molar-refractivity contribution >= 4 is 18.0 Å². The Kier molecular flexibility index (Phi) is 5.12. The van der Waals surface area contributed by atoms with E-state index in [0.29, 0.717) is 19.4 Å². The highest BCUT2D eigenvalue weighted by atomic mass is 16.5. The zero-order chi connectivity index (χ0) is 24.1. The van der Waals surface area contributed by atoms with E-state index in [4.69, 9.17) is 11.2 Å². The molecule has 2 aliphatic carbocycles. The SMILES string of the molecule is C#CCC(NC(=O)OCC1c2ccccc2-c2ccccc21)C(=O)N1CC2(C)CC1(C(=O)O)C2. The van der Waals surface area contributed by atoms with E-state index in [1.165, 1.54) is 4.90 Å². The number of carbonyl (C=O) groups excluding carboxylic acids is 2. The molecule has 1 atom stereocenters. The highest BCUT2D eigenvalue weighted by molar-refractivity contribution is 5.93. The number of hydrogen-bond acceptors (Lipinski definition) is 4. The molecule has 0 spiro atoms. The Labute approximate surface area is 198 Å². The van der Waals surface area contributed by atoms with E-state index in [-0.39, 0.29) is 24.4 Å². The molecule has 2 N–H and O–H groups in total. The van der Waals surface area contributed by atoms with Crippen LogP contribution in [0.15, 0.2) is 48.5 Å². The van der Waals surface area contributed by atoms with Gasteiger partial charge in [-0.3, -0.25) is 4.79 Å². The molecule has 3 fully saturated rings. The molecule has 4 aliphatic rings. The molecule has 7 nitrogen and oxygen atoms in total. The van der Waals surface area contributed by atoms with Crippen LogP contribution in [-0.4, -0.2) is 52.7 Å². The Balaban J connectivity index is 1.28. The Hall–Kier alpha value is -3.79. The molecule has 174 valence electrons. The maximum absolute atomic E-state index is 13.2. The van der Waals surface area contributed by atoms with Crippen molar-refractivity contribution in [1.29, 1.82) is 0 Å². The van der Waals surface area contributed by atoms with Gasteiger partial charge in [0.25, 0.3) is 0 Å². The molecule has 2 amide bonds. The van der Waals surface area contributed by atoms with Crippen molar-refractivity contribution in [3.63, 3.8) is 0 Å². The highest BCUT2D eigenvalue weighted by Crippen LogP contribution is 2.59. The molecular weight excluding hydrogens is 432 g/mol. The largest absolute Gasteiger partial charge is 0.479 e. The molecule has 1 unspecified atom stereocenters. The first-order valence-corrected chi connectivity index (χ1v) is 11.4. The topological polar surface area (TPSA) is 95.9 Å². The van der Waals surface area contributed by atoms with Gasteiger partial charge in [-0.1, -0.05) is 55.5 Å². The van der Waals surface area contributed by atoms with E-state index in [0.717, 1.165) is 22.3 Å². The molecule has 2 aromatic rings. The van der Waals surface area contributed by atoms with Gasteiger partial charge < -0.3 is 20.1 Å². The second-order valence-electron chi connectivity index (χ2n) is 9.86. The van der Waals surface area contributed by atoms with Gasteiger partial charge in [-0.05, 0) is 40.5 Å². The van der Waals surface area contributed by atoms with E-state index in [1.807, 2.05) is 43.3 Å². The number of nitrogens with zero attached hydrogens (tertiary/aromatic N) is 1. The average molecular weight is 459 g/mol. The van der Waals surface area contributed by atoms with Crippen molar-refractivity contribution in [3.05, 3.63) is 59.7 Å². The molecular formula is C27H26N2O5. The van der Waals surface area contributed by atoms with Gasteiger partial charge in [0.05, 0.1) is 0 Å². The van der Waals surface area contributed by atoms with E-state index in [9.17, 15) is 19.5 Å². The van der Waals surface area contributed by atoms with Crippen LogP contribution in [-0.2, 0) is 14.3 Å². The van der Waals surface area contributed by atoms with Crippen LogP contribution < -0.4 is 5.32 Å². The lowest BCUT2D eigenvalue weighted by molar-refractivity contribution is -0.160. The standard InChI is InChI=1S/C27H26N2O5/c1-3-8-22(23(30)29-16-26(2)14-27(29,15-26)24(31)32)28-25(33)34-13-21-19-11-6-4-9-17(19)18-10-5-7-12-20(18)21/h1,4-7,9-12,21-22H,8,13-16H2,2H3,(H,28,33)(H,31,32). The molecule has 2 aliphatic heterocycles. The van der Waals surface area contributed by atoms with Crippen LogP contribution in [0.1, 0.15) is 43.2 Å². The lowest BCUT2D eigenvalue weighted by Gasteiger charge is -2.43. The molecule has 2 aromatic carbocycles. The molecule has 7 heteroatoms. The van der Waals surface area contributed by atoms with Gasteiger partial charge in [-0.15, -0.1) is 12.3 Å². The Morgan fingerprint density at radius 3 is 2.29 bits per heavy atom. The number of terminal acetylenes is 1. The summed E-state index contributed by atoms with van der Waals surface area (Å²) in [7, 11) is 0. The summed E-state index contributed by atoms with van der Waals surface area (Å²) >= 11 is 0. The van der Waals surface area contributed by atoms with Crippen LogP contribution in [0.4, 0.5) is 4.79 Å². The molecule has 2 heterocycles. The zero-order valence-corrected chi connectivity index (χ0v) is 18.9. The second-order valence-corrected chi connectivity index (χ2v) is 9.86. The molecule has 0 aromatic heterocycles. The summed E-state index contributed by atoms with van der Waals surface area (Å²) in [5.74, 6) is 0.811. The average Bonchev–Trinajstić information content (AvgIpc) is 3.40. The van der Waals surface area contributed by atoms with Crippen molar-refractivity contribution in [2.24, 2.45) is 5.41 Å². The summed E-state index contributed by atoms with van der Waals surface area (Å²) in [6, 6.07) is 15.0. The van der Waals surface area contributed by atoms with Gasteiger partial charge in [-0.2, -0.15) is 0 Å². The van der Waals surface area contributed by atoms with E-state index in [1.54, 1.807) is 0 Å². The molecule has 34 heavy (non-hydrogen) atoms. The lowest BCUT2D eigenvalue weighted by atomic mass is 9.63. The maximum atomic E-state index is 13.2. The fourth-order valence-electron chi connectivity index (χ4n) is 6.04. The van der Waals surface area contributed by atoms with Crippen molar-refractivity contribution in [2.75, 3.05) is 13.2 Å². The Morgan fingerprint density at radius 1 is 1.15 bits per heavy atom. The number of hydrogen-bond donors (Lipinski definition) is 2. The van der Waals surface area contributed by atoms with Crippen LogP contribution >= 0.6 is 0 Å². The number of alkyl carbamates (subject to hydrolysis) is 1. The first kappa shape index (κ1) is 22.0. The van der Waals surface area contributed by atoms with Gasteiger partial charge in [0.15, 0.2) is 0 Å². The summed E-state index contributed by atoms with van der Waals surface area (Å²) in [5, 5.41) is 12.3. The normalized spacial score (nSPS) is 24.9. The van der Waals surface area contributed by atoms with Crippen LogP contribution in [0.2, 0.25) is 0 Å². The number of aliphatic carboxylic acids is 1. The summed E-state index contributed by atoms with van der Waals surface area (Å²) < 4.78 is 5.55. The number of nitrogens with one attached hydrogen (secondary N) is 1. The number of benzene rings is 2. The maximum Gasteiger partial charge on any atom is 0.407 e. The van der Waals surface area contributed by atoms with Crippen molar-refractivity contribution in [2.45, 2.75) is 43.7 Å². The second kappa shape index (κ2) is 7.91. The minimum absolute atomic E-state index is 0.0497. The quantitative estimate of drug-likeness (QED) is 0.647. The van der Waals surface area contributed by atoms with Crippen LogP contribution in [0.3, 0.4) is 0 Å². The molecule has 2 bridgehead atoms. The van der Waals surface area contributed by atoms with Crippen LogP contribution in [0, 0.1) is 17.8 Å². The number of rotatable bonds is 6. The monoisotopic (exact) mass is 458 g/mol. The van der Waals surface area contributed by atoms with Gasteiger partial charge in [-0.25, -0.2) is 9.59 Å². The number of amides is 2. The lowest BCUT2D eigenvalue weighted by Crippen LogP contribution is -2.59. The van der Waals surface area contributed by atoms with Crippen molar-refractivity contribution in [1.82, 2.24) is 10.2 Å². The molecule has 0 radical (unpaired) electrons. The fraction of sp³-hybridized carbons (Fsp3) is 0.370. The highest BCUT2D eigenvalue weighted by Gasteiger charge is 2.69. The molecule has 6 rings (SSSR count). The minimum atomic E-state index is -1.21. The first-order chi connectivity index (χ1) is 16.3. The van der Waals surface area contributed by atoms with Crippen LogP contribution in [0.25, 0.3) is 11.1 Å². The van der Waals surface area contributed by atoms with Crippen molar-refractivity contribution in [3.8, 4) is 23.5 Å².